The monoisotopic (exact) mass is 273 g/mol. The van der Waals surface area contributed by atoms with Crippen molar-refractivity contribution < 1.29 is 9.90 Å². The van der Waals surface area contributed by atoms with Crippen molar-refractivity contribution in [1.29, 1.82) is 0 Å². The minimum atomic E-state index is -0.674. The first-order valence-electron chi connectivity index (χ1n) is 7.61. The highest BCUT2D eigenvalue weighted by atomic mass is 16.4. The Kier molecular flexibility index (Phi) is 3.55. The molecule has 0 aromatic heterocycles. The molecule has 1 aromatic carbocycles. The average Bonchev–Trinajstić information content (AvgIpc) is 2.35. The van der Waals surface area contributed by atoms with Gasteiger partial charge < -0.3 is 5.11 Å². The van der Waals surface area contributed by atoms with E-state index in [1.165, 1.54) is 11.1 Å². The van der Waals surface area contributed by atoms with Gasteiger partial charge in [-0.25, -0.2) is 0 Å². The standard InChI is InChI=1S/C17H23NO2/c1-11(2)14-7-15(8-14)18-10-13-6-4-3-5-12(13)9-16(18)17(19)20/h3-6,11,14-16H,7-10H2,1-2H3,(H,19,20). The van der Waals surface area contributed by atoms with Crippen LogP contribution in [-0.2, 0) is 17.8 Å². The SMILES string of the molecule is CC(C)C1CC(N2Cc3ccccc3CC2C(=O)O)C1. The Bertz CT molecular complexity index is 505. The number of benzene rings is 1. The van der Waals surface area contributed by atoms with Gasteiger partial charge in [0, 0.05) is 12.6 Å². The van der Waals surface area contributed by atoms with Crippen molar-refractivity contribution in [2.45, 2.75) is 51.7 Å². The van der Waals surface area contributed by atoms with Crippen LogP contribution in [-0.4, -0.2) is 28.1 Å². The summed E-state index contributed by atoms with van der Waals surface area (Å²) in [7, 11) is 0. The Morgan fingerprint density at radius 2 is 1.90 bits per heavy atom. The van der Waals surface area contributed by atoms with Crippen LogP contribution in [0.3, 0.4) is 0 Å². The van der Waals surface area contributed by atoms with Gasteiger partial charge in [-0.3, -0.25) is 9.69 Å². The quantitative estimate of drug-likeness (QED) is 0.920. The Hall–Kier alpha value is -1.35. The van der Waals surface area contributed by atoms with E-state index >= 15 is 0 Å². The van der Waals surface area contributed by atoms with Crippen molar-refractivity contribution in [3.63, 3.8) is 0 Å². The molecule has 1 unspecified atom stereocenters. The highest BCUT2D eigenvalue weighted by molar-refractivity contribution is 5.74. The summed E-state index contributed by atoms with van der Waals surface area (Å²) in [6, 6.07) is 8.38. The van der Waals surface area contributed by atoms with Gasteiger partial charge in [-0.15, -0.1) is 0 Å². The third-order valence-electron chi connectivity index (χ3n) is 5.13. The zero-order valence-corrected chi connectivity index (χ0v) is 12.2. The average molecular weight is 273 g/mol. The van der Waals surface area contributed by atoms with Crippen LogP contribution in [0, 0.1) is 11.8 Å². The van der Waals surface area contributed by atoms with Crippen LogP contribution < -0.4 is 0 Å². The first-order chi connectivity index (χ1) is 9.56. The van der Waals surface area contributed by atoms with Crippen LogP contribution in [0.2, 0.25) is 0 Å². The molecule has 3 nitrogen and oxygen atoms in total. The van der Waals surface area contributed by atoms with Crippen LogP contribution in [0.5, 0.6) is 0 Å². The second-order valence-electron chi connectivity index (χ2n) is 6.63. The summed E-state index contributed by atoms with van der Waals surface area (Å²) in [5.74, 6) is 0.811. The smallest absolute Gasteiger partial charge is 0.321 e. The zero-order valence-electron chi connectivity index (χ0n) is 12.2. The molecule has 0 bridgehead atoms. The number of nitrogens with zero attached hydrogens (tertiary/aromatic N) is 1. The van der Waals surface area contributed by atoms with E-state index in [0.29, 0.717) is 18.4 Å². The fraction of sp³-hybridized carbons (Fsp3) is 0.588. The van der Waals surface area contributed by atoms with E-state index in [2.05, 4.69) is 36.9 Å². The number of rotatable bonds is 3. The van der Waals surface area contributed by atoms with Crippen LogP contribution >= 0.6 is 0 Å². The molecule has 1 aliphatic carbocycles. The molecule has 1 aromatic rings. The highest BCUT2D eigenvalue weighted by Crippen LogP contribution is 2.40. The van der Waals surface area contributed by atoms with Crippen molar-refractivity contribution in [2.24, 2.45) is 11.8 Å². The Labute approximate surface area is 120 Å². The van der Waals surface area contributed by atoms with Gasteiger partial charge in [-0.05, 0) is 42.2 Å². The summed E-state index contributed by atoms with van der Waals surface area (Å²) >= 11 is 0. The summed E-state index contributed by atoms with van der Waals surface area (Å²) in [5, 5.41) is 9.54. The third-order valence-corrected chi connectivity index (χ3v) is 5.13. The molecule has 0 saturated heterocycles. The maximum absolute atomic E-state index is 11.6. The molecule has 20 heavy (non-hydrogen) atoms. The minimum absolute atomic E-state index is 0.344. The molecule has 1 fully saturated rings. The fourth-order valence-electron chi connectivity index (χ4n) is 3.60. The molecule has 1 atom stereocenters. The lowest BCUT2D eigenvalue weighted by Gasteiger charge is -2.48. The Balaban J connectivity index is 1.78. The van der Waals surface area contributed by atoms with E-state index < -0.39 is 5.97 Å². The van der Waals surface area contributed by atoms with E-state index in [9.17, 15) is 9.90 Å². The topological polar surface area (TPSA) is 40.5 Å². The maximum atomic E-state index is 11.6. The molecular weight excluding hydrogens is 250 g/mol. The molecule has 1 heterocycles. The molecule has 0 radical (unpaired) electrons. The van der Waals surface area contributed by atoms with E-state index in [0.717, 1.165) is 25.3 Å². The molecule has 1 saturated carbocycles. The van der Waals surface area contributed by atoms with Crippen LogP contribution in [0.15, 0.2) is 24.3 Å². The number of carboxylic acid groups (broad SMARTS) is 1. The molecular formula is C17H23NO2. The largest absolute Gasteiger partial charge is 0.480 e. The number of hydrogen-bond acceptors (Lipinski definition) is 2. The predicted octanol–water partition coefficient (Wildman–Crippen LogP) is 2.93. The molecule has 3 heteroatoms. The van der Waals surface area contributed by atoms with Gasteiger partial charge in [-0.1, -0.05) is 38.1 Å². The number of carboxylic acids is 1. The highest BCUT2D eigenvalue weighted by Gasteiger charge is 2.42. The molecule has 3 rings (SSSR count). The predicted molar refractivity (Wildman–Crippen MR) is 78.5 cm³/mol. The number of carbonyl (C=O) groups is 1. The van der Waals surface area contributed by atoms with Gasteiger partial charge in [0.05, 0.1) is 0 Å². The second kappa shape index (κ2) is 5.21. The molecule has 1 aliphatic heterocycles. The fourth-order valence-corrected chi connectivity index (χ4v) is 3.60. The first-order valence-corrected chi connectivity index (χ1v) is 7.61. The lowest BCUT2D eigenvalue weighted by Crippen LogP contribution is -2.55. The number of hydrogen-bond donors (Lipinski definition) is 1. The van der Waals surface area contributed by atoms with Gasteiger partial charge in [0.2, 0.25) is 0 Å². The molecule has 1 N–H and O–H groups in total. The van der Waals surface area contributed by atoms with Crippen molar-refractivity contribution >= 4 is 5.97 Å². The van der Waals surface area contributed by atoms with E-state index in [4.69, 9.17) is 0 Å². The van der Waals surface area contributed by atoms with Crippen LogP contribution in [0.1, 0.15) is 37.8 Å². The summed E-state index contributed by atoms with van der Waals surface area (Å²) in [6.45, 7) is 5.32. The lowest BCUT2D eigenvalue weighted by molar-refractivity contribution is -0.147. The van der Waals surface area contributed by atoms with E-state index in [-0.39, 0.29) is 6.04 Å². The summed E-state index contributed by atoms with van der Waals surface area (Å²) in [6.07, 6.45) is 2.96. The van der Waals surface area contributed by atoms with Gasteiger partial charge in [0.25, 0.3) is 0 Å². The third kappa shape index (κ3) is 2.35. The first kappa shape index (κ1) is 13.6. The van der Waals surface area contributed by atoms with Crippen molar-refractivity contribution in [2.75, 3.05) is 0 Å². The van der Waals surface area contributed by atoms with Crippen molar-refractivity contribution in [1.82, 2.24) is 4.90 Å². The normalized spacial score (nSPS) is 29.9. The minimum Gasteiger partial charge on any atom is -0.480 e. The van der Waals surface area contributed by atoms with Gasteiger partial charge >= 0.3 is 5.97 Å². The van der Waals surface area contributed by atoms with E-state index in [1.807, 2.05) is 6.07 Å². The number of aliphatic carboxylic acids is 1. The molecule has 0 amide bonds. The molecule has 0 spiro atoms. The zero-order chi connectivity index (χ0) is 14.3. The van der Waals surface area contributed by atoms with Gasteiger partial charge in [0.1, 0.15) is 6.04 Å². The van der Waals surface area contributed by atoms with Gasteiger partial charge in [-0.2, -0.15) is 0 Å². The van der Waals surface area contributed by atoms with E-state index in [1.54, 1.807) is 0 Å². The summed E-state index contributed by atoms with van der Waals surface area (Å²) in [5.41, 5.74) is 2.51. The number of fused-ring (bicyclic) bond motifs is 1. The molecule has 2 aliphatic rings. The Morgan fingerprint density at radius 3 is 2.50 bits per heavy atom. The van der Waals surface area contributed by atoms with Crippen molar-refractivity contribution in [3.8, 4) is 0 Å². The summed E-state index contributed by atoms with van der Waals surface area (Å²) < 4.78 is 0. The Morgan fingerprint density at radius 1 is 1.25 bits per heavy atom. The second-order valence-corrected chi connectivity index (χ2v) is 6.63. The summed E-state index contributed by atoms with van der Waals surface area (Å²) in [4.78, 5) is 13.8. The van der Waals surface area contributed by atoms with Crippen LogP contribution in [0.4, 0.5) is 0 Å². The van der Waals surface area contributed by atoms with Crippen molar-refractivity contribution in [3.05, 3.63) is 35.4 Å². The lowest BCUT2D eigenvalue weighted by atomic mass is 9.72. The maximum Gasteiger partial charge on any atom is 0.321 e. The van der Waals surface area contributed by atoms with Crippen LogP contribution in [0.25, 0.3) is 0 Å². The molecule has 108 valence electrons. The van der Waals surface area contributed by atoms with Gasteiger partial charge in [0.15, 0.2) is 0 Å².